The predicted molar refractivity (Wildman–Crippen MR) is 48.4 cm³/mol. The number of hydrogen-bond donors (Lipinski definition) is 2. The van der Waals surface area contributed by atoms with Crippen LogP contribution in [0.4, 0.5) is 0 Å². The summed E-state index contributed by atoms with van der Waals surface area (Å²) in [5.74, 6) is 0.579. The summed E-state index contributed by atoms with van der Waals surface area (Å²) in [6.45, 7) is 1.93. The van der Waals surface area contributed by atoms with E-state index >= 15 is 0 Å². The lowest BCUT2D eigenvalue weighted by molar-refractivity contribution is 0.0206. The molecule has 1 aromatic rings. The second kappa shape index (κ2) is 2.78. The van der Waals surface area contributed by atoms with Gasteiger partial charge in [-0.05, 0) is 19.1 Å². The van der Waals surface area contributed by atoms with Crippen LogP contribution in [0.15, 0.2) is 24.3 Å². The zero-order chi connectivity index (χ0) is 9.42. The molecule has 3 heteroatoms. The molecule has 68 valence electrons. The van der Waals surface area contributed by atoms with Gasteiger partial charge in [-0.2, -0.15) is 0 Å². The van der Waals surface area contributed by atoms with Crippen molar-refractivity contribution in [3.63, 3.8) is 0 Å². The molecule has 2 rings (SSSR count). The van der Waals surface area contributed by atoms with Crippen LogP contribution in [0, 0.1) is 6.92 Å². The molecule has 1 aromatic carbocycles. The Kier molecular flexibility index (Phi) is 1.74. The van der Waals surface area contributed by atoms with Crippen LogP contribution in [0.2, 0.25) is 0 Å². The zero-order valence-corrected chi connectivity index (χ0v) is 7.19. The summed E-state index contributed by atoms with van der Waals surface area (Å²) in [5, 5.41) is 18.6. The first-order valence-corrected chi connectivity index (χ1v) is 4.03. The Balaban J connectivity index is 2.54. The summed E-state index contributed by atoms with van der Waals surface area (Å²) in [5.41, 5.74) is 1.67. The van der Waals surface area contributed by atoms with E-state index in [4.69, 9.17) is 9.84 Å². The van der Waals surface area contributed by atoms with Crippen LogP contribution in [-0.2, 0) is 0 Å². The van der Waals surface area contributed by atoms with Gasteiger partial charge in [0.25, 0.3) is 0 Å². The maximum absolute atomic E-state index is 9.48. The van der Waals surface area contributed by atoms with Gasteiger partial charge in [-0.15, -0.1) is 0 Å². The molecular weight excluding hydrogens is 168 g/mol. The Bertz CT molecular complexity index is 368. The monoisotopic (exact) mass is 178 g/mol. The van der Waals surface area contributed by atoms with Gasteiger partial charge in [-0.1, -0.05) is 11.6 Å². The molecule has 2 N–H and O–H groups in total. The molecule has 0 fully saturated rings. The van der Waals surface area contributed by atoms with Crippen molar-refractivity contribution < 1.29 is 14.9 Å². The predicted octanol–water partition coefficient (Wildman–Crippen LogP) is 1.60. The molecule has 0 saturated carbocycles. The molecule has 0 amide bonds. The van der Waals surface area contributed by atoms with E-state index in [2.05, 4.69) is 0 Å². The minimum atomic E-state index is -1.05. The van der Waals surface area contributed by atoms with Crippen molar-refractivity contribution >= 4 is 5.76 Å². The second-order valence-electron chi connectivity index (χ2n) is 3.06. The first-order valence-electron chi connectivity index (χ1n) is 4.03. The summed E-state index contributed by atoms with van der Waals surface area (Å²) in [7, 11) is 0. The van der Waals surface area contributed by atoms with E-state index in [9.17, 15) is 5.11 Å². The van der Waals surface area contributed by atoms with E-state index in [1.807, 2.05) is 19.1 Å². The van der Waals surface area contributed by atoms with Crippen LogP contribution in [0.3, 0.4) is 0 Å². The molecular formula is C10H10O3. The normalized spacial score (nSPS) is 20.2. The molecule has 13 heavy (non-hydrogen) atoms. The van der Waals surface area contributed by atoms with Gasteiger partial charge in [-0.3, -0.25) is 0 Å². The van der Waals surface area contributed by atoms with E-state index in [1.54, 1.807) is 6.07 Å². The van der Waals surface area contributed by atoms with Crippen LogP contribution in [0.1, 0.15) is 11.1 Å². The summed E-state index contributed by atoms with van der Waals surface area (Å²) < 4.78 is 5.08. The number of aryl methyl sites for hydroxylation is 1. The molecule has 1 aliphatic rings. The molecule has 1 aliphatic heterocycles. The topological polar surface area (TPSA) is 49.7 Å². The van der Waals surface area contributed by atoms with E-state index in [1.165, 1.54) is 6.08 Å². The maximum Gasteiger partial charge on any atom is 0.221 e. The number of rotatable bonds is 0. The highest BCUT2D eigenvalue weighted by atomic mass is 16.6. The Morgan fingerprint density at radius 2 is 2.15 bits per heavy atom. The summed E-state index contributed by atoms with van der Waals surface area (Å²) in [4.78, 5) is 0. The van der Waals surface area contributed by atoms with Crippen LogP contribution in [-0.4, -0.2) is 16.5 Å². The second-order valence-corrected chi connectivity index (χ2v) is 3.06. The van der Waals surface area contributed by atoms with Gasteiger partial charge in [0.1, 0.15) is 11.5 Å². The minimum Gasteiger partial charge on any atom is -0.507 e. The van der Waals surface area contributed by atoms with Crippen LogP contribution in [0.25, 0.3) is 5.76 Å². The van der Waals surface area contributed by atoms with Crippen LogP contribution in [0.5, 0.6) is 5.75 Å². The smallest absolute Gasteiger partial charge is 0.221 e. The number of fused-ring (bicyclic) bond motifs is 1. The van der Waals surface area contributed by atoms with Gasteiger partial charge in [0, 0.05) is 6.08 Å². The zero-order valence-electron chi connectivity index (χ0n) is 7.19. The van der Waals surface area contributed by atoms with E-state index in [0.29, 0.717) is 11.3 Å². The Morgan fingerprint density at radius 1 is 1.38 bits per heavy atom. The quantitative estimate of drug-likeness (QED) is 0.634. The fraction of sp³-hybridized carbons (Fsp3) is 0.200. The molecule has 0 spiro atoms. The average Bonchev–Trinajstić information content (AvgIpc) is 2.06. The third kappa shape index (κ3) is 1.38. The SMILES string of the molecule is Cc1ccc2c(c1)C(O)=CC(O)O2. The average molecular weight is 178 g/mol. The summed E-state index contributed by atoms with van der Waals surface area (Å²) in [6, 6.07) is 5.41. The highest BCUT2D eigenvalue weighted by Gasteiger charge is 2.17. The van der Waals surface area contributed by atoms with Crippen molar-refractivity contribution in [2.45, 2.75) is 13.2 Å². The van der Waals surface area contributed by atoms with Crippen molar-refractivity contribution in [1.29, 1.82) is 0 Å². The van der Waals surface area contributed by atoms with E-state index in [0.717, 1.165) is 5.56 Å². The lowest BCUT2D eigenvalue weighted by Gasteiger charge is -2.19. The third-order valence-corrected chi connectivity index (χ3v) is 1.96. The standard InChI is InChI=1S/C10H10O3/c1-6-2-3-9-7(4-6)8(11)5-10(12)13-9/h2-5,10-12H,1H3. The first-order chi connectivity index (χ1) is 6.16. The van der Waals surface area contributed by atoms with Gasteiger partial charge >= 0.3 is 0 Å². The first kappa shape index (κ1) is 8.13. The molecule has 1 unspecified atom stereocenters. The van der Waals surface area contributed by atoms with Crippen molar-refractivity contribution in [1.82, 2.24) is 0 Å². The summed E-state index contributed by atoms with van der Waals surface area (Å²) in [6.07, 6.45) is 0.220. The Morgan fingerprint density at radius 3 is 2.92 bits per heavy atom. The van der Waals surface area contributed by atoms with Crippen molar-refractivity contribution in [2.24, 2.45) is 0 Å². The molecule has 0 saturated heterocycles. The Hall–Kier alpha value is -1.48. The number of hydrogen-bond acceptors (Lipinski definition) is 3. The minimum absolute atomic E-state index is 0.0671. The lowest BCUT2D eigenvalue weighted by Crippen LogP contribution is -2.17. The van der Waals surface area contributed by atoms with Gasteiger partial charge in [0.15, 0.2) is 0 Å². The van der Waals surface area contributed by atoms with Crippen LogP contribution >= 0.6 is 0 Å². The van der Waals surface area contributed by atoms with Gasteiger partial charge < -0.3 is 14.9 Å². The van der Waals surface area contributed by atoms with Gasteiger partial charge in [-0.25, -0.2) is 0 Å². The molecule has 1 heterocycles. The number of benzene rings is 1. The van der Waals surface area contributed by atoms with Crippen LogP contribution < -0.4 is 4.74 Å². The number of aliphatic hydroxyl groups excluding tert-OH is 2. The van der Waals surface area contributed by atoms with E-state index < -0.39 is 6.29 Å². The molecule has 0 aliphatic carbocycles. The van der Waals surface area contributed by atoms with Crippen molar-refractivity contribution in [2.75, 3.05) is 0 Å². The largest absolute Gasteiger partial charge is 0.507 e. The molecule has 0 radical (unpaired) electrons. The molecule has 0 aromatic heterocycles. The fourth-order valence-corrected chi connectivity index (χ4v) is 1.34. The maximum atomic E-state index is 9.48. The molecule has 1 atom stereocenters. The number of ether oxygens (including phenoxy) is 1. The lowest BCUT2D eigenvalue weighted by atomic mass is 10.1. The van der Waals surface area contributed by atoms with Gasteiger partial charge in [0.05, 0.1) is 5.56 Å². The highest BCUT2D eigenvalue weighted by Crippen LogP contribution is 2.30. The number of aliphatic hydroxyl groups is 2. The molecule has 3 nitrogen and oxygen atoms in total. The van der Waals surface area contributed by atoms with Crippen molar-refractivity contribution in [3.8, 4) is 5.75 Å². The highest BCUT2D eigenvalue weighted by molar-refractivity contribution is 5.67. The van der Waals surface area contributed by atoms with Crippen molar-refractivity contribution in [3.05, 3.63) is 35.4 Å². The third-order valence-electron chi connectivity index (χ3n) is 1.96. The fourth-order valence-electron chi connectivity index (χ4n) is 1.34. The molecule has 0 bridgehead atoms. The van der Waals surface area contributed by atoms with E-state index in [-0.39, 0.29) is 5.76 Å². The summed E-state index contributed by atoms with van der Waals surface area (Å²) >= 11 is 0. The van der Waals surface area contributed by atoms with Gasteiger partial charge in [0.2, 0.25) is 6.29 Å². The Labute approximate surface area is 75.9 Å².